The number of carbonyl (C=O) groups is 1. The number of nitrogens with two attached hydrogens (primary N) is 1. The van der Waals surface area contributed by atoms with Crippen molar-refractivity contribution in [2.45, 2.75) is 0 Å². The van der Waals surface area contributed by atoms with E-state index in [4.69, 9.17) is 17.3 Å². The molecule has 0 aliphatic rings. The van der Waals surface area contributed by atoms with Crippen LogP contribution in [-0.4, -0.2) is 24.9 Å². The summed E-state index contributed by atoms with van der Waals surface area (Å²) in [6.45, 7) is 0. The summed E-state index contributed by atoms with van der Waals surface area (Å²) in [5.74, 6) is -0.0820. The highest BCUT2D eigenvalue weighted by atomic mass is 127. The quantitative estimate of drug-likeness (QED) is 0.589. The van der Waals surface area contributed by atoms with Crippen LogP contribution < -0.4 is 11.1 Å². The summed E-state index contributed by atoms with van der Waals surface area (Å²) in [7, 11) is 3.43. The summed E-state index contributed by atoms with van der Waals surface area (Å²) < 4.78 is 0.964. The minimum Gasteiger partial charge on any atom is -0.399 e. The van der Waals surface area contributed by atoms with Crippen LogP contribution in [-0.2, 0) is 0 Å². The third-order valence-corrected chi connectivity index (χ3v) is 4.01. The molecule has 0 atom stereocenters. The van der Waals surface area contributed by atoms with Gasteiger partial charge in [-0.05, 0) is 59.0 Å². The van der Waals surface area contributed by atoms with Gasteiger partial charge < -0.3 is 16.0 Å². The zero-order valence-corrected chi connectivity index (χ0v) is 14.6. The van der Waals surface area contributed by atoms with Crippen LogP contribution in [0, 0.1) is 3.57 Å². The maximum atomic E-state index is 12.2. The predicted octanol–water partition coefficient (Wildman–Crippen LogP) is 3.97. The molecule has 0 bridgehead atoms. The van der Waals surface area contributed by atoms with Gasteiger partial charge in [0.25, 0.3) is 5.91 Å². The Hall–Kier alpha value is -1.47. The molecule has 0 aliphatic heterocycles. The molecule has 0 saturated heterocycles. The second-order valence-electron chi connectivity index (χ2n) is 4.75. The van der Waals surface area contributed by atoms with Gasteiger partial charge in [0.05, 0.1) is 16.9 Å². The molecule has 0 fully saturated rings. The molecule has 21 heavy (non-hydrogen) atoms. The first-order valence-corrected chi connectivity index (χ1v) is 7.67. The standard InChI is InChI=1S/C15H15ClIN3O/c1-20(2)15(21)11-5-4-10(18)8-14(11)19-13-6-3-9(16)7-12(13)17/h3-8,19H,18H2,1-2H3. The summed E-state index contributed by atoms with van der Waals surface area (Å²) in [6.07, 6.45) is 0. The van der Waals surface area contributed by atoms with Crippen LogP contribution in [0.3, 0.4) is 0 Å². The van der Waals surface area contributed by atoms with Gasteiger partial charge in [-0.2, -0.15) is 0 Å². The Morgan fingerprint density at radius 3 is 2.52 bits per heavy atom. The fraction of sp³-hybridized carbons (Fsp3) is 0.133. The van der Waals surface area contributed by atoms with Crippen LogP contribution in [0.4, 0.5) is 17.1 Å². The maximum Gasteiger partial charge on any atom is 0.255 e. The number of rotatable bonds is 3. The van der Waals surface area contributed by atoms with Crippen molar-refractivity contribution in [2.75, 3.05) is 25.1 Å². The highest BCUT2D eigenvalue weighted by Crippen LogP contribution is 2.29. The highest BCUT2D eigenvalue weighted by molar-refractivity contribution is 14.1. The third-order valence-electron chi connectivity index (χ3n) is 2.88. The second-order valence-corrected chi connectivity index (χ2v) is 6.35. The highest BCUT2D eigenvalue weighted by Gasteiger charge is 2.14. The lowest BCUT2D eigenvalue weighted by molar-refractivity contribution is 0.0828. The Bertz CT molecular complexity index is 689. The van der Waals surface area contributed by atoms with Crippen molar-refractivity contribution >= 4 is 57.2 Å². The fourth-order valence-electron chi connectivity index (χ4n) is 1.83. The molecule has 0 aliphatic carbocycles. The number of amides is 1. The van der Waals surface area contributed by atoms with Gasteiger partial charge in [0.2, 0.25) is 0 Å². The summed E-state index contributed by atoms with van der Waals surface area (Å²) in [4.78, 5) is 13.8. The number of nitrogens with zero attached hydrogens (tertiary/aromatic N) is 1. The lowest BCUT2D eigenvalue weighted by Crippen LogP contribution is -2.22. The molecule has 0 unspecified atom stereocenters. The number of anilines is 3. The molecule has 1 amide bonds. The van der Waals surface area contributed by atoms with Crippen molar-refractivity contribution in [1.29, 1.82) is 0 Å². The monoisotopic (exact) mass is 415 g/mol. The van der Waals surface area contributed by atoms with Gasteiger partial charge in [-0.3, -0.25) is 4.79 Å². The van der Waals surface area contributed by atoms with E-state index in [2.05, 4.69) is 27.9 Å². The van der Waals surface area contributed by atoms with Gasteiger partial charge >= 0.3 is 0 Å². The first kappa shape index (κ1) is 15.9. The SMILES string of the molecule is CN(C)C(=O)c1ccc(N)cc1Nc1ccc(Cl)cc1I. The molecule has 2 aromatic rings. The predicted molar refractivity (Wildman–Crippen MR) is 96.3 cm³/mol. The minimum atomic E-state index is -0.0820. The van der Waals surface area contributed by atoms with Gasteiger partial charge in [0, 0.05) is 28.4 Å². The number of halogens is 2. The van der Waals surface area contributed by atoms with E-state index in [9.17, 15) is 4.79 Å². The van der Waals surface area contributed by atoms with E-state index in [-0.39, 0.29) is 5.91 Å². The first-order valence-electron chi connectivity index (χ1n) is 6.21. The van der Waals surface area contributed by atoms with Crippen molar-refractivity contribution in [3.8, 4) is 0 Å². The van der Waals surface area contributed by atoms with E-state index < -0.39 is 0 Å². The fourth-order valence-corrected chi connectivity index (χ4v) is 2.83. The topological polar surface area (TPSA) is 58.4 Å². The van der Waals surface area contributed by atoms with E-state index in [0.29, 0.717) is 22.0 Å². The third kappa shape index (κ3) is 3.79. The summed E-state index contributed by atoms with van der Waals surface area (Å²) in [5, 5.41) is 3.92. The maximum absolute atomic E-state index is 12.2. The number of hydrogen-bond donors (Lipinski definition) is 2. The normalized spacial score (nSPS) is 10.3. The van der Waals surface area contributed by atoms with Gasteiger partial charge in [-0.15, -0.1) is 0 Å². The van der Waals surface area contributed by atoms with Crippen molar-refractivity contribution in [2.24, 2.45) is 0 Å². The van der Waals surface area contributed by atoms with E-state index in [1.807, 2.05) is 12.1 Å². The van der Waals surface area contributed by atoms with Gasteiger partial charge in [-0.25, -0.2) is 0 Å². The lowest BCUT2D eigenvalue weighted by Gasteiger charge is -2.16. The van der Waals surface area contributed by atoms with Crippen molar-refractivity contribution in [1.82, 2.24) is 4.90 Å². The number of carbonyl (C=O) groups excluding carboxylic acids is 1. The van der Waals surface area contributed by atoms with Gasteiger partial charge in [0.15, 0.2) is 0 Å². The molecule has 0 spiro atoms. The molecular formula is C15H15ClIN3O. The summed E-state index contributed by atoms with van der Waals surface area (Å²) in [5.41, 5.74) is 8.54. The smallest absolute Gasteiger partial charge is 0.255 e. The lowest BCUT2D eigenvalue weighted by atomic mass is 10.1. The van der Waals surface area contributed by atoms with Crippen LogP contribution >= 0.6 is 34.2 Å². The van der Waals surface area contributed by atoms with Crippen molar-refractivity contribution in [3.63, 3.8) is 0 Å². The van der Waals surface area contributed by atoms with Crippen LogP contribution in [0.2, 0.25) is 5.02 Å². The molecule has 0 saturated carbocycles. The molecule has 6 heteroatoms. The molecule has 0 heterocycles. The minimum absolute atomic E-state index is 0.0820. The van der Waals surface area contributed by atoms with Crippen molar-refractivity contribution < 1.29 is 4.79 Å². The molecule has 4 nitrogen and oxygen atoms in total. The Labute approximate surface area is 142 Å². The summed E-state index contributed by atoms with van der Waals surface area (Å²) in [6, 6.07) is 10.7. The van der Waals surface area contributed by atoms with E-state index in [1.54, 1.807) is 38.4 Å². The zero-order chi connectivity index (χ0) is 15.6. The molecule has 3 N–H and O–H groups in total. The number of nitrogens with one attached hydrogen (secondary N) is 1. The van der Waals surface area contributed by atoms with E-state index in [1.165, 1.54) is 4.90 Å². The molecule has 110 valence electrons. The Balaban J connectivity index is 2.43. The summed E-state index contributed by atoms with van der Waals surface area (Å²) >= 11 is 8.15. The Kier molecular flexibility index (Phi) is 4.95. The van der Waals surface area contributed by atoms with Gasteiger partial charge in [0.1, 0.15) is 0 Å². The molecule has 0 aromatic heterocycles. The molecular weight excluding hydrogens is 401 g/mol. The molecule has 2 rings (SSSR count). The average molecular weight is 416 g/mol. The van der Waals surface area contributed by atoms with Gasteiger partial charge in [-0.1, -0.05) is 11.6 Å². The Morgan fingerprint density at radius 2 is 1.90 bits per heavy atom. The van der Waals surface area contributed by atoms with E-state index >= 15 is 0 Å². The number of hydrogen-bond acceptors (Lipinski definition) is 3. The van der Waals surface area contributed by atoms with Crippen LogP contribution in [0.1, 0.15) is 10.4 Å². The molecule has 0 radical (unpaired) electrons. The van der Waals surface area contributed by atoms with E-state index in [0.717, 1.165) is 9.26 Å². The van der Waals surface area contributed by atoms with Crippen LogP contribution in [0.15, 0.2) is 36.4 Å². The van der Waals surface area contributed by atoms with Crippen LogP contribution in [0.5, 0.6) is 0 Å². The number of benzene rings is 2. The molecule has 2 aromatic carbocycles. The zero-order valence-electron chi connectivity index (χ0n) is 11.7. The first-order chi connectivity index (χ1) is 9.88. The van der Waals surface area contributed by atoms with Crippen molar-refractivity contribution in [3.05, 3.63) is 50.6 Å². The van der Waals surface area contributed by atoms with Crippen LogP contribution in [0.25, 0.3) is 0 Å². The average Bonchev–Trinajstić information content (AvgIpc) is 2.41. The Morgan fingerprint density at radius 1 is 1.19 bits per heavy atom. The number of nitrogen functional groups attached to an aromatic ring is 1. The second kappa shape index (κ2) is 6.53. The largest absolute Gasteiger partial charge is 0.399 e.